The Morgan fingerprint density at radius 2 is 1.96 bits per heavy atom. The fraction of sp³-hybridized carbons (Fsp3) is 0.524. The first-order chi connectivity index (χ1) is 13.1. The molecule has 0 unspecified atom stereocenters. The number of aromatic nitrogens is 2. The van der Waals surface area contributed by atoms with Gasteiger partial charge >= 0.3 is 0 Å². The summed E-state index contributed by atoms with van der Waals surface area (Å²) in [6.07, 6.45) is 4.81. The van der Waals surface area contributed by atoms with Crippen LogP contribution in [0.4, 0.5) is 0 Å². The van der Waals surface area contributed by atoms with E-state index in [0.717, 1.165) is 56.9 Å². The van der Waals surface area contributed by atoms with E-state index in [0.29, 0.717) is 11.5 Å². The minimum atomic E-state index is 0.000567. The third-order valence-corrected chi connectivity index (χ3v) is 5.31. The molecule has 0 saturated carbocycles. The number of nitrogens with one attached hydrogen (secondary N) is 1. The fourth-order valence-corrected chi connectivity index (χ4v) is 3.66. The number of methoxy groups -OCH3 is 1. The van der Waals surface area contributed by atoms with Gasteiger partial charge in [0.05, 0.1) is 18.4 Å². The maximum absolute atomic E-state index is 12.5. The Hall–Kier alpha value is -2.34. The quantitative estimate of drug-likeness (QED) is 0.814. The zero-order chi connectivity index (χ0) is 19.2. The van der Waals surface area contributed by atoms with E-state index in [-0.39, 0.29) is 5.91 Å². The highest BCUT2D eigenvalue weighted by molar-refractivity contribution is 5.95. The van der Waals surface area contributed by atoms with Crippen molar-refractivity contribution in [2.45, 2.75) is 32.7 Å². The monoisotopic (exact) mass is 370 g/mol. The number of ether oxygens (including phenoxy) is 1. The number of amides is 1. The van der Waals surface area contributed by atoms with E-state index in [1.54, 1.807) is 11.8 Å². The van der Waals surface area contributed by atoms with Crippen molar-refractivity contribution in [3.05, 3.63) is 47.3 Å². The molecule has 0 spiro atoms. The van der Waals surface area contributed by atoms with Crippen LogP contribution in [0.15, 0.2) is 30.5 Å². The highest BCUT2D eigenvalue weighted by atomic mass is 16.5. The van der Waals surface area contributed by atoms with Gasteiger partial charge in [0.1, 0.15) is 5.75 Å². The van der Waals surface area contributed by atoms with Gasteiger partial charge in [0.2, 0.25) is 0 Å². The van der Waals surface area contributed by atoms with Crippen LogP contribution in [0.2, 0.25) is 0 Å². The van der Waals surface area contributed by atoms with Crippen molar-refractivity contribution in [1.29, 1.82) is 0 Å². The Balaban J connectivity index is 1.43. The van der Waals surface area contributed by atoms with Crippen molar-refractivity contribution in [3.8, 4) is 5.75 Å². The number of rotatable bonds is 7. The summed E-state index contributed by atoms with van der Waals surface area (Å²) in [5.41, 5.74) is 2.88. The molecule has 2 heterocycles. The minimum Gasteiger partial charge on any atom is -0.497 e. The maximum atomic E-state index is 12.5. The van der Waals surface area contributed by atoms with Crippen LogP contribution in [-0.2, 0) is 20.0 Å². The van der Waals surface area contributed by atoms with Gasteiger partial charge < -0.3 is 10.1 Å². The molecule has 2 aromatic rings. The van der Waals surface area contributed by atoms with Gasteiger partial charge in [-0.1, -0.05) is 19.1 Å². The second kappa shape index (κ2) is 9.04. The average molecular weight is 370 g/mol. The Morgan fingerprint density at radius 1 is 1.26 bits per heavy atom. The lowest BCUT2D eigenvalue weighted by Gasteiger charge is -2.32. The zero-order valence-corrected chi connectivity index (χ0v) is 16.6. The summed E-state index contributed by atoms with van der Waals surface area (Å²) >= 11 is 0. The van der Waals surface area contributed by atoms with Gasteiger partial charge in [-0.15, -0.1) is 0 Å². The molecule has 1 amide bonds. The Morgan fingerprint density at radius 3 is 2.59 bits per heavy atom. The second-order valence-corrected chi connectivity index (χ2v) is 7.29. The number of hydrogen-bond donors (Lipinski definition) is 1. The Bertz CT molecular complexity index is 746. The van der Waals surface area contributed by atoms with Crippen LogP contribution in [0.1, 0.15) is 41.4 Å². The summed E-state index contributed by atoms with van der Waals surface area (Å²) in [7, 11) is 3.55. The van der Waals surface area contributed by atoms with E-state index in [9.17, 15) is 4.79 Å². The molecule has 1 aliphatic rings. The molecule has 1 aromatic carbocycles. The SMILES string of the molecule is CCc1nn(C)cc1C(=O)NCC1CCN(Cc2ccc(OC)cc2)CC1. The summed E-state index contributed by atoms with van der Waals surface area (Å²) in [6.45, 7) is 5.88. The molecule has 0 aliphatic carbocycles. The second-order valence-electron chi connectivity index (χ2n) is 7.29. The lowest BCUT2D eigenvalue weighted by atomic mass is 9.96. The van der Waals surface area contributed by atoms with Gasteiger partial charge in [-0.2, -0.15) is 5.10 Å². The van der Waals surface area contributed by atoms with E-state index in [1.165, 1.54) is 5.56 Å². The van der Waals surface area contributed by atoms with Crippen molar-refractivity contribution in [3.63, 3.8) is 0 Å². The van der Waals surface area contributed by atoms with E-state index in [2.05, 4.69) is 27.4 Å². The van der Waals surface area contributed by atoms with Crippen molar-refractivity contribution in [2.24, 2.45) is 13.0 Å². The third kappa shape index (κ3) is 5.10. The van der Waals surface area contributed by atoms with Crippen molar-refractivity contribution in [1.82, 2.24) is 20.0 Å². The van der Waals surface area contributed by atoms with Gasteiger partial charge in [0, 0.05) is 26.3 Å². The number of nitrogens with zero attached hydrogens (tertiary/aromatic N) is 3. The fourth-order valence-electron chi connectivity index (χ4n) is 3.66. The van der Waals surface area contributed by atoms with Crippen LogP contribution >= 0.6 is 0 Å². The lowest BCUT2D eigenvalue weighted by molar-refractivity contribution is 0.0934. The van der Waals surface area contributed by atoms with Gasteiger partial charge in [0.25, 0.3) is 5.91 Å². The molecule has 6 heteroatoms. The molecule has 3 rings (SSSR count). The number of aryl methyl sites for hydroxylation is 2. The molecular formula is C21H30N4O2. The molecule has 0 atom stereocenters. The molecule has 6 nitrogen and oxygen atoms in total. The van der Waals surface area contributed by atoms with Crippen LogP contribution < -0.4 is 10.1 Å². The molecule has 0 bridgehead atoms. The summed E-state index contributed by atoms with van der Waals surface area (Å²) < 4.78 is 6.93. The molecule has 1 fully saturated rings. The molecule has 27 heavy (non-hydrogen) atoms. The summed E-state index contributed by atoms with van der Waals surface area (Å²) in [5.74, 6) is 1.44. The van der Waals surface area contributed by atoms with Gasteiger partial charge in [-0.05, 0) is 56.0 Å². The van der Waals surface area contributed by atoms with E-state index in [1.807, 2.05) is 32.3 Å². The molecular weight excluding hydrogens is 340 g/mol. The first-order valence-corrected chi connectivity index (χ1v) is 9.75. The largest absolute Gasteiger partial charge is 0.497 e. The molecule has 1 N–H and O–H groups in total. The van der Waals surface area contributed by atoms with Gasteiger partial charge in [-0.25, -0.2) is 0 Å². The third-order valence-electron chi connectivity index (χ3n) is 5.31. The van der Waals surface area contributed by atoms with E-state index < -0.39 is 0 Å². The predicted octanol–water partition coefficient (Wildman–Crippen LogP) is 2.63. The lowest BCUT2D eigenvalue weighted by Crippen LogP contribution is -2.38. The molecule has 1 aliphatic heterocycles. The number of hydrogen-bond acceptors (Lipinski definition) is 4. The predicted molar refractivity (Wildman–Crippen MR) is 106 cm³/mol. The van der Waals surface area contributed by atoms with Crippen molar-refractivity contribution >= 4 is 5.91 Å². The van der Waals surface area contributed by atoms with E-state index in [4.69, 9.17) is 4.74 Å². The molecule has 1 saturated heterocycles. The highest BCUT2D eigenvalue weighted by Crippen LogP contribution is 2.20. The smallest absolute Gasteiger partial charge is 0.254 e. The van der Waals surface area contributed by atoms with E-state index >= 15 is 0 Å². The van der Waals surface area contributed by atoms with Crippen molar-refractivity contribution < 1.29 is 9.53 Å². The summed E-state index contributed by atoms with van der Waals surface area (Å²) in [4.78, 5) is 14.9. The maximum Gasteiger partial charge on any atom is 0.254 e. The van der Waals surface area contributed by atoms with Crippen LogP contribution in [0.25, 0.3) is 0 Å². The Labute approximate surface area is 161 Å². The first kappa shape index (κ1) is 19.4. The number of piperidine rings is 1. The minimum absolute atomic E-state index is 0.000567. The Kier molecular flexibility index (Phi) is 6.50. The number of benzene rings is 1. The summed E-state index contributed by atoms with van der Waals surface area (Å²) in [6, 6.07) is 8.29. The van der Waals surface area contributed by atoms with Crippen molar-refractivity contribution in [2.75, 3.05) is 26.7 Å². The van der Waals surface area contributed by atoms with Crippen LogP contribution in [0, 0.1) is 5.92 Å². The van der Waals surface area contributed by atoms with Crippen LogP contribution in [0.5, 0.6) is 5.75 Å². The normalized spacial score (nSPS) is 15.7. The average Bonchev–Trinajstić information content (AvgIpc) is 3.09. The zero-order valence-electron chi connectivity index (χ0n) is 16.6. The van der Waals surface area contributed by atoms with Gasteiger partial charge in [-0.3, -0.25) is 14.4 Å². The topological polar surface area (TPSA) is 59.4 Å². The van der Waals surface area contributed by atoms with Crippen LogP contribution in [-0.4, -0.2) is 47.3 Å². The highest BCUT2D eigenvalue weighted by Gasteiger charge is 2.21. The first-order valence-electron chi connectivity index (χ1n) is 9.75. The molecule has 146 valence electrons. The standard InChI is InChI=1S/C21H30N4O2/c1-4-20-19(15-24(2)23-20)21(26)22-13-16-9-11-25(12-10-16)14-17-5-7-18(27-3)8-6-17/h5-8,15-16H,4,9-14H2,1-3H3,(H,22,26). The molecule has 0 radical (unpaired) electrons. The summed E-state index contributed by atoms with van der Waals surface area (Å²) in [5, 5.41) is 7.46. The number of carbonyl (C=O) groups is 1. The number of likely N-dealkylation sites (tertiary alicyclic amines) is 1. The van der Waals surface area contributed by atoms with Crippen LogP contribution in [0.3, 0.4) is 0 Å². The number of carbonyl (C=O) groups excluding carboxylic acids is 1. The molecule has 1 aromatic heterocycles. The van der Waals surface area contributed by atoms with Gasteiger partial charge in [0.15, 0.2) is 0 Å².